The Morgan fingerprint density at radius 3 is 2.54 bits per heavy atom. The van der Waals surface area contributed by atoms with Crippen molar-refractivity contribution in [2.45, 2.75) is 51.7 Å². The molecule has 5 heteroatoms. The lowest BCUT2D eigenvalue weighted by atomic mass is 9.88. The van der Waals surface area contributed by atoms with E-state index in [0.717, 1.165) is 24.8 Å². The zero-order valence-corrected chi connectivity index (χ0v) is 14.4. The molecule has 0 aromatic heterocycles. The molecule has 1 amide bonds. The van der Waals surface area contributed by atoms with E-state index in [1.54, 1.807) is 6.92 Å². The Morgan fingerprint density at radius 2 is 1.92 bits per heavy atom. The monoisotopic (exact) mass is 333 g/mol. The smallest absolute Gasteiger partial charge is 0.308 e. The second-order valence-electron chi connectivity index (χ2n) is 6.69. The Morgan fingerprint density at radius 1 is 1.25 bits per heavy atom. The van der Waals surface area contributed by atoms with Crippen molar-refractivity contribution in [1.29, 1.82) is 0 Å². The molecule has 0 bridgehead atoms. The van der Waals surface area contributed by atoms with Crippen molar-refractivity contribution in [1.82, 2.24) is 5.32 Å². The molecule has 1 saturated carbocycles. The van der Waals surface area contributed by atoms with Crippen LogP contribution < -0.4 is 5.32 Å². The lowest BCUT2D eigenvalue weighted by Crippen LogP contribution is -2.39. The number of carboxylic acids is 1. The number of carboxylic acid groups (broad SMARTS) is 1. The second-order valence-corrected chi connectivity index (χ2v) is 6.69. The Labute approximate surface area is 143 Å². The molecule has 4 unspecified atom stereocenters. The normalized spacial score (nSPS) is 23.2. The van der Waals surface area contributed by atoms with E-state index in [1.165, 1.54) is 6.42 Å². The van der Waals surface area contributed by atoms with Gasteiger partial charge in [-0.25, -0.2) is 0 Å². The largest absolute Gasteiger partial charge is 0.481 e. The predicted molar refractivity (Wildman–Crippen MR) is 91.5 cm³/mol. The van der Waals surface area contributed by atoms with Crippen LogP contribution >= 0.6 is 0 Å². The maximum atomic E-state index is 12.3. The molecule has 1 aliphatic rings. The lowest BCUT2D eigenvalue weighted by Gasteiger charge is -2.29. The SMILES string of the molecule is CC1CCCCC1OCC(=O)NC(c1ccccc1)C(C)C(=O)O. The van der Waals surface area contributed by atoms with Crippen molar-refractivity contribution >= 4 is 11.9 Å². The maximum Gasteiger partial charge on any atom is 0.308 e. The van der Waals surface area contributed by atoms with E-state index in [1.807, 2.05) is 30.3 Å². The lowest BCUT2D eigenvalue weighted by molar-refractivity contribution is -0.142. The fourth-order valence-corrected chi connectivity index (χ4v) is 3.23. The highest BCUT2D eigenvalue weighted by Crippen LogP contribution is 2.26. The number of hydrogen-bond acceptors (Lipinski definition) is 3. The summed E-state index contributed by atoms with van der Waals surface area (Å²) in [5.74, 6) is -1.46. The van der Waals surface area contributed by atoms with Gasteiger partial charge in [0.1, 0.15) is 6.61 Å². The van der Waals surface area contributed by atoms with Gasteiger partial charge < -0.3 is 15.2 Å². The van der Waals surface area contributed by atoms with Crippen LogP contribution in [0.15, 0.2) is 30.3 Å². The average molecular weight is 333 g/mol. The summed E-state index contributed by atoms with van der Waals surface area (Å²) < 4.78 is 5.77. The van der Waals surface area contributed by atoms with Gasteiger partial charge in [0.15, 0.2) is 0 Å². The maximum absolute atomic E-state index is 12.3. The number of ether oxygens (including phenoxy) is 1. The standard InChI is InChI=1S/C19H27NO4/c1-13-8-6-7-11-16(13)24-12-17(21)20-18(14(2)19(22)23)15-9-4-3-5-10-15/h3-5,9-10,13-14,16,18H,6-8,11-12H2,1-2H3,(H,20,21)(H,22,23). The summed E-state index contributed by atoms with van der Waals surface area (Å²) in [6.45, 7) is 3.73. The van der Waals surface area contributed by atoms with Gasteiger partial charge in [-0.15, -0.1) is 0 Å². The molecule has 0 radical (unpaired) electrons. The van der Waals surface area contributed by atoms with Gasteiger partial charge >= 0.3 is 5.97 Å². The molecule has 24 heavy (non-hydrogen) atoms. The molecule has 0 saturated heterocycles. The number of nitrogens with one attached hydrogen (secondary N) is 1. The second kappa shape index (κ2) is 8.83. The summed E-state index contributed by atoms with van der Waals surface area (Å²) >= 11 is 0. The van der Waals surface area contributed by atoms with Crippen LogP contribution in [0.1, 0.15) is 51.1 Å². The van der Waals surface area contributed by atoms with E-state index >= 15 is 0 Å². The molecule has 4 atom stereocenters. The van der Waals surface area contributed by atoms with Crippen LogP contribution in [0.5, 0.6) is 0 Å². The molecule has 0 spiro atoms. The van der Waals surface area contributed by atoms with Crippen molar-refractivity contribution in [3.05, 3.63) is 35.9 Å². The van der Waals surface area contributed by atoms with Gasteiger partial charge in [0.05, 0.1) is 18.1 Å². The first kappa shape index (κ1) is 18.5. The summed E-state index contributed by atoms with van der Waals surface area (Å²) in [7, 11) is 0. The molecule has 2 rings (SSSR count). The highest BCUT2D eigenvalue weighted by atomic mass is 16.5. The minimum atomic E-state index is -0.939. The molecular formula is C19H27NO4. The van der Waals surface area contributed by atoms with E-state index < -0.39 is 17.9 Å². The number of rotatable bonds is 7. The van der Waals surface area contributed by atoms with Crippen LogP contribution in [0.2, 0.25) is 0 Å². The molecule has 1 aromatic rings. The Kier molecular flexibility index (Phi) is 6.79. The van der Waals surface area contributed by atoms with Crippen LogP contribution in [0.4, 0.5) is 0 Å². The van der Waals surface area contributed by atoms with Gasteiger partial charge in [-0.1, -0.05) is 50.1 Å². The van der Waals surface area contributed by atoms with Gasteiger partial charge in [-0.05, 0) is 31.2 Å². The number of carbonyl (C=O) groups excluding carboxylic acids is 1. The van der Waals surface area contributed by atoms with Gasteiger partial charge in [0.2, 0.25) is 5.91 Å². The van der Waals surface area contributed by atoms with Crippen LogP contribution in [0.25, 0.3) is 0 Å². The predicted octanol–water partition coefficient (Wildman–Crippen LogP) is 3.16. The third-order valence-corrected chi connectivity index (χ3v) is 4.83. The number of benzene rings is 1. The van der Waals surface area contributed by atoms with Gasteiger partial charge in [0.25, 0.3) is 0 Å². The quantitative estimate of drug-likeness (QED) is 0.804. The van der Waals surface area contributed by atoms with E-state index in [2.05, 4.69) is 12.2 Å². The molecule has 2 N–H and O–H groups in total. The van der Waals surface area contributed by atoms with Crippen LogP contribution in [0.3, 0.4) is 0 Å². The summed E-state index contributed by atoms with van der Waals surface area (Å²) in [4.78, 5) is 23.6. The molecule has 0 aliphatic heterocycles. The van der Waals surface area contributed by atoms with Gasteiger partial charge in [-0.3, -0.25) is 9.59 Å². The molecule has 0 heterocycles. The summed E-state index contributed by atoms with van der Waals surface area (Å²) in [5.41, 5.74) is 0.784. The molecule has 132 valence electrons. The average Bonchev–Trinajstić information content (AvgIpc) is 2.59. The Bertz CT molecular complexity index is 546. The highest BCUT2D eigenvalue weighted by Gasteiger charge is 2.28. The first-order chi connectivity index (χ1) is 11.5. The van der Waals surface area contributed by atoms with Crippen molar-refractivity contribution in [3.8, 4) is 0 Å². The first-order valence-electron chi connectivity index (χ1n) is 8.67. The topological polar surface area (TPSA) is 75.6 Å². The van der Waals surface area contributed by atoms with E-state index in [-0.39, 0.29) is 18.6 Å². The number of amides is 1. The summed E-state index contributed by atoms with van der Waals surface area (Å²) in [5, 5.41) is 12.1. The molecule has 5 nitrogen and oxygen atoms in total. The molecule has 1 aromatic carbocycles. The number of aliphatic carboxylic acids is 1. The number of hydrogen-bond donors (Lipinski definition) is 2. The fraction of sp³-hybridized carbons (Fsp3) is 0.579. The van der Waals surface area contributed by atoms with Crippen LogP contribution in [0, 0.1) is 11.8 Å². The Hall–Kier alpha value is -1.88. The molecule has 1 aliphatic carbocycles. The van der Waals surface area contributed by atoms with E-state index in [9.17, 15) is 14.7 Å². The summed E-state index contributed by atoms with van der Waals surface area (Å²) in [6, 6.07) is 8.63. The van der Waals surface area contributed by atoms with Gasteiger partial charge in [-0.2, -0.15) is 0 Å². The molecular weight excluding hydrogens is 306 g/mol. The van der Waals surface area contributed by atoms with Gasteiger partial charge in [0, 0.05) is 0 Å². The van der Waals surface area contributed by atoms with Crippen LogP contribution in [-0.4, -0.2) is 29.7 Å². The van der Waals surface area contributed by atoms with Crippen molar-refractivity contribution < 1.29 is 19.4 Å². The van der Waals surface area contributed by atoms with Crippen molar-refractivity contribution in [2.75, 3.05) is 6.61 Å². The van der Waals surface area contributed by atoms with E-state index in [0.29, 0.717) is 5.92 Å². The van der Waals surface area contributed by atoms with Crippen molar-refractivity contribution in [2.24, 2.45) is 11.8 Å². The number of carbonyl (C=O) groups is 2. The third-order valence-electron chi connectivity index (χ3n) is 4.83. The zero-order chi connectivity index (χ0) is 17.5. The minimum Gasteiger partial charge on any atom is -0.481 e. The summed E-state index contributed by atoms with van der Waals surface area (Å²) in [6.07, 6.45) is 4.60. The minimum absolute atomic E-state index is 0.0231. The first-order valence-corrected chi connectivity index (χ1v) is 8.67. The fourth-order valence-electron chi connectivity index (χ4n) is 3.23. The van der Waals surface area contributed by atoms with E-state index in [4.69, 9.17) is 4.74 Å². The highest BCUT2D eigenvalue weighted by molar-refractivity contribution is 5.79. The third kappa shape index (κ3) is 5.06. The molecule has 1 fully saturated rings. The van der Waals surface area contributed by atoms with Crippen LogP contribution in [-0.2, 0) is 14.3 Å². The van der Waals surface area contributed by atoms with Crippen molar-refractivity contribution in [3.63, 3.8) is 0 Å². The Balaban J connectivity index is 1.95. The zero-order valence-electron chi connectivity index (χ0n) is 14.4.